The van der Waals surface area contributed by atoms with Gasteiger partial charge in [0.05, 0.1) is 6.54 Å². The minimum atomic E-state index is 0.395. The standard InChI is InChI=1S/C14H20N4O/c1-4-18(12-8-6-5-7-9-12)14-17-16-13(19-14)10-15-11(2)3/h5-9,11,15H,4,10H2,1-3H3. The summed E-state index contributed by atoms with van der Waals surface area (Å²) in [7, 11) is 0. The first-order valence-electron chi connectivity index (χ1n) is 6.59. The van der Waals surface area contributed by atoms with Crippen molar-refractivity contribution in [2.24, 2.45) is 0 Å². The van der Waals surface area contributed by atoms with Gasteiger partial charge in [-0.3, -0.25) is 4.90 Å². The Morgan fingerprint density at radius 2 is 1.95 bits per heavy atom. The van der Waals surface area contributed by atoms with Crippen LogP contribution in [0.3, 0.4) is 0 Å². The summed E-state index contributed by atoms with van der Waals surface area (Å²) in [6.07, 6.45) is 0. The van der Waals surface area contributed by atoms with Crippen LogP contribution in [0.4, 0.5) is 11.7 Å². The number of rotatable bonds is 6. The zero-order valence-electron chi connectivity index (χ0n) is 11.6. The molecule has 0 unspecified atom stereocenters. The van der Waals surface area contributed by atoms with Crippen molar-refractivity contribution >= 4 is 11.7 Å². The summed E-state index contributed by atoms with van der Waals surface area (Å²) in [6.45, 7) is 7.60. The van der Waals surface area contributed by atoms with Crippen molar-refractivity contribution in [3.63, 3.8) is 0 Å². The third kappa shape index (κ3) is 3.54. The summed E-state index contributed by atoms with van der Waals surface area (Å²) in [4.78, 5) is 1.99. The fraction of sp³-hybridized carbons (Fsp3) is 0.429. The maximum atomic E-state index is 5.68. The van der Waals surface area contributed by atoms with E-state index in [1.165, 1.54) is 0 Å². The first-order chi connectivity index (χ1) is 9.20. The third-order valence-electron chi connectivity index (χ3n) is 2.73. The number of benzene rings is 1. The quantitative estimate of drug-likeness (QED) is 0.865. The van der Waals surface area contributed by atoms with E-state index in [2.05, 4.69) is 36.3 Å². The lowest BCUT2D eigenvalue weighted by molar-refractivity contribution is 0.453. The lowest BCUT2D eigenvalue weighted by atomic mass is 10.3. The average Bonchev–Trinajstić information content (AvgIpc) is 2.87. The van der Waals surface area contributed by atoms with Gasteiger partial charge in [0.15, 0.2) is 0 Å². The van der Waals surface area contributed by atoms with Gasteiger partial charge in [0, 0.05) is 18.3 Å². The molecule has 2 aromatic rings. The van der Waals surface area contributed by atoms with E-state index in [1.807, 2.05) is 35.2 Å². The molecule has 1 heterocycles. The molecule has 0 fully saturated rings. The van der Waals surface area contributed by atoms with Gasteiger partial charge in [0.2, 0.25) is 5.89 Å². The van der Waals surface area contributed by atoms with Gasteiger partial charge in [-0.25, -0.2) is 0 Å². The first-order valence-corrected chi connectivity index (χ1v) is 6.59. The largest absolute Gasteiger partial charge is 0.406 e. The fourth-order valence-corrected chi connectivity index (χ4v) is 1.75. The van der Waals surface area contributed by atoms with Gasteiger partial charge >= 0.3 is 6.01 Å². The lowest BCUT2D eigenvalue weighted by Crippen LogP contribution is -2.22. The predicted octanol–water partition coefficient (Wildman–Crippen LogP) is 2.73. The van der Waals surface area contributed by atoms with Gasteiger partial charge in [0.1, 0.15) is 0 Å². The molecule has 19 heavy (non-hydrogen) atoms. The lowest BCUT2D eigenvalue weighted by Gasteiger charge is -2.17. The Balaban J connectivity index is 2.12. The molecule has 0 spiro atoms. The molecule has 0 amide bonds. The van der Waals surface area contributed by atoms with Gasteiger partial charge in [-0.1, -0.05) is 37.1 Å². The van der Waals surface area contributed by atoms with Crippen molar-refractivity contribution in [3.05, 3.63) is 36.2 Å². The van der Waals surface area contributed by atoms with Crippen LogP contribution < -0.4 is 10.2 Å². The number of nitrogens with one attached hydrogen (secondary N) is 1. The van der Waals surface area contributed by atoms with E-state index in [0.717, 1.165) is 12.2 Å². The Bertz CT molecular complexity index is 495. The monoisotopic (exact) mass is 260 g/mol. The Kier molecular flexibility index (Phi) is 4.52. The second kappa shape index (κ2) is 6.33. The number of nitrogens with zero attached hydrogens (tertiary/aromatic N) is 3. The Labute approximate surface area is 113 Å². The van der Waals surface area contributed by atoms with E-state index in [4.69, 9.17) is 4.42 Å². The molecule has 2 rings (SSSR count). The Morgan fingerprint density at radius 1 is 1.21 bits per heavy atom. The predicted molar refractivity (Wildman–Crippen MR) is 75.4 cm³/mol. The van der Waals surface area contributed by atoms with Crippen molar-refractivity contribution in [3.8, 4) is 0 Å². The molecule has 0 aliphatic rings. The molecule has 0 bridgehead atoms. The topological polar surface area (TPSA) is 54.2 Å². The molecule has 0 atom stereocenters. The summed E-state index contributed by atoms with van der Waals surface area (Å²) >= 11 is 0. The van der Waals surface area contributed by atoms with E-state index in [0.29, 0.717) is 24.5 Å². The SMILES string of the molecule is CCN(c1ccccc1)c1nnc(CNC(C)C)o1. The van der Waals surface area contributed by atoms with Crippen LogP contribution >= 0.6 is 0 Å². The van der Waals surface area contributed by atoms with Crippen LogP contribution in [0.25, 0.3) is 0 Å². The van der Waals surface area contributed by atoms with Crippen LogP contribution in [-0.2, 0) is 6.54 Å². The summed E-state index contributed by atoms with van der Waals surface area (Å²) in [5, 5.41) is 11.4. The molecule has 0 aliphatic heterocycles. The van der Waals surface area contributed by atoms with Gasteiger partial charge in [-0.2, -0.15) is 0 Å². The summed E-state index contributed by atoms with van der Waals surface area (Å²) in [6, 6.07) is 11.0. The van der Waals surface area contributed by atoms with Crippen molar-refractivity contribution < 1.29 is 4.42 Å². The minimum absolute atomic E-state index is 0.395. The van der Waals surface area contributed by atoms with E-state index in [9.17, 15) is 0 Å². The number of hydrogen-bond donors (Lipinski definition) is 1. The van der Waals surface area contributed by atoms with Crippen molar-refractivity contribution in [1.82, 2.24) is 15.5 Å². The van der Waals surface area contributed by atoms with Crippen molar-refractivity contribution in [1.29, 1.82) is 0 Å². The van der Waals surface area contributed by atoms with Crippen LogP contribution in [0.2, 0.25) is 0 Å². The normalized spacial score (nSPS) is 10.9. The van der Waals surface area contributed by atoms with E-state index in [1.54, 1.807) is 0 Å². The highest BCUT2D eigenvalue weighted by Crippen LogP contribution is 2.23. The number of para-hydroxylation sites is 1. The Hall–Kier alpha value is -1.88. The molecule has 0 aliphatic carbocycles. The molecule has 1 aromatic heterocycles. The number of aromatic nitrogens is 2. The third-order valence-corrected chi connectivity index (χ3v) is 2.73. The van der Waals surface area contributed by atoms with Crippen LogP contribution in [0.1, 0.15) is 26.7 Å². The van der Waals surface area contributed by atoms with Crippen LogP contribution in [0, 0.1) is 0 Å². The summed E-state index contributed by atoms with van der Waals surface area (Å²) < 4.78 is 5.68. The maximum absolute atomic E-state index is 5.68. The molecule has 1 N–H and O–H groups in total. The molecule has 102 valence electrons. The number of hydrogen-bond acceptors (Lipinski definition) is 5. The first kappa shape index (κ1) is 13.5. The van der Waals surface area contributed by atoms with Gasteiger partial charge in [-0.15, -0.1) is 5.10 Å². The van der Waals surface area contributed by atoms with Crippen LogP contribution in [0.15, 0.2) is 34.7 Å². The van der Waals surface area contributed by atoms with E-state index in [-0.39, 0.29) is 0 Å². The molecule has 0 radical (unpaired) electrons. The molecule has 0 saturated carbocycles. The number of anilines is 2. The zero-order chi connectivity index (χ0) is 13.7. The summed E-state index contributed by atoms with van der Waals surface area (Å²) in [5.74, 6) is 0.609. The Morgan fingerprint density at radius 3 is 2.58 bits per heavy atom. The van der Waals surface area contributed by atoms with Gasteiger partial charge in [-0.05, 0) is 19.1 Å². The molecule has 5 nitrogen and oxygen atoms in total. The smallest absolute Gasteiger partial charge is 0.322 e. The highest BCUT2D eigenvalue weighted by atomic mass is 16.4. The molecule has 1 aromatic carbocycles. The fourth-order valence-electron chi connectivity index (χ4n) is 1.75. The van der Waals surface area contributed by atoms with Crippen molar-refractivity contribution in [2.45, 2.75) is 33.4 Å². The molecular weight excluding hydrogens is 240 g/mol. The second-order valence-electron chi connectivity index (χ2n) is 4.59. The maximum Gasteiger partial charge on any atom is 0.322 e. The van der Waals surface area contributed by atoms with Gasteiger partial charge in [0.25, 0.3) is 0 Å². The van der Waals surface area contributed by atoms with Crippen molar-refractivity contribution in [2.75, 3.05) is 11.4 Å². The van der Waals surface area contributed by atoms with Gasteiger partial charge < -0.3 is 9.73 Å². The van der Waals surface area contributed by atoms with E-state index < -0.39 is 0 Å². The second-order valence-corrected chi connectivity index (χ2v) is 4.59. The molecule has 5 heteroatoms. The molecule has 0 saturated heterocycles. The molecular formula is C14H20N4O. The highest BCUT2D eigenvalue weighted by molar-refractivity contribution is 5.55. The van der Waals surface area contributed by atoms with Crippen LogP contribution in [0.5, 0.6) is 0 Å². The summed E-state index contributed by atoms with van der Waals surface area (Å²) in [5.41, 5.74) is 1.05. The zero-order valence-corrected chi connectivity index (χ0v) is 11.6. The average molecular weight is 260 g/mol. The highest BCUT2D eigenvalue weighted by Gasteiger charge is 2.14. The van der Waals surface area contributed by atoms with E-state index >= 15 is 0 Å². The van der Waals surface area contributed by atoms with Crippen LogP contribution in [-0.4, -0.2) is 22.8 Å². The minimum Gasteiger partial charge on any atom is -0.406 e.